The lowest BCUT2D eigenvalue weighted by atomic mass is 10.2. The van der Waals surface area contributed by atoms with Crippen LogP contribution in [0.25, 0.3) is 23.0 Å². The maximum Gasteiger partial charge on any atom is 0.262 e. The van der Waals surface area contributed by atoms with E-state index in [-0.39, 0.29) is 11.6 Å². The first-order chi connectivity index (χ1) is 9.24. The lowest BCUT2D eigenvalue weighted by Gasteiger charge is -1.99. The highest BCUT2D eigenvalue weighted by atomic mass is 16.5. The number of rotatable bonds is 2. The molecule has 94 valence electrons. The Morgan fingerprint density at radius 2 is 2.11 bits per heavy atom. The molecule has 0 saturated heterocycles. The molecule has 0 saturated carbocycles. The smallest absolute Gasteiger partial charge is 0.262 e. The van der Waals surface area contributed by atoms with Crippen molar-refractivity contribution >= 4 is 5.69 Å². The van der Waals surface area contributed by atoms with Gasteiger partial charge in [-0.15, -0.1) is 0 Å². The third-order valence-corrected chi connectivity index (χ3v) is 2.49. The van der Waals surface area contributed by atoms with E-state index in [1.165, 1.54) is 12.4 Å². The van der Waals surface area contributed by atoms with Crippen molar-refractivity contribution in [3.63, 3.8) is 0 Å². The molecule has 0 amide bonds. The van der Waals surface area contributed by atoms with Crippen LogP contribution in [0.4, 0.5) is 5.69 Å². The summed E-state index contributed by atoms with van der Waals surface area (Å²) in [6.45, 7) is 0. The van der Waals surface area contributed by atoms with Gasteiger partial charge in [0.15, 0.2) is 0 Å². The monoisotopic (exact) mass is 255 g/mol. The molecule has 0 aliphatic carbocycles. The minimum atomic E-state index is -0.0158. The Morgan fingerprint density at radius 3 is 2.84 bits per heavy atom. The fourth-order valence-corrected chi connectivity index (χ4v) is 1.59. The van der Waals surface area contributed by atoms with Gasteiger partial charge >= 0.3 is 0 Å². The van der Waals surface area contributed by atoms with E-state index in [0.29, 0.717) is 22.8 Å². The average Bonchev–Trinajstić information content (AvgIpc) is 2.89. The lowest BCUT2D eigenvalue weighted by Crippen LogP contribution is -1.87. The molecule has 2 heterocycles. The number of aromatic hydroxyl groups is 1. The van der Waals surface area contributed by atoms with Crippen LogP contribution in [0.5, 0.6) is 5.75 Å². The molecule has 3 N–H and O–H groups in total. The zero-order valence-electron chi connectivity index (χ0n) is 9.69. The highest BCUT2D eigenvalue weighted by molar-refractivity contribution is 5.67. The van der Waals surface area contributed by atoms with Gasteiger partial charge < -0.3 is 15.4 Å². The maximum atomic E-state index is 9.79. The van der Waals surface area contributed by atoms with E-state index in [9.17, 15) is 5.11 Å². The number of anilines is 1. The minimum Gasteiger partial charge on any atom is -0.507 e. The number of phenols is 1. The van der Waals surface area contributed by atoms with Crippen LogP contribution in [0.2, 0.25) is 0 Å². The molecule has 7 heteroatoms. The fourth-order valence-electron chi connectivity index (χ4n) is 1.59. The Labute approximate surface area is 107 Å². The molecule has 7 nitrogen and oxygen atoms in total. The van der Waals surface area contributed by atoms with E-state index in [1.807, 2.05) is 0 Å². The zero-order chi connectivity index (χ0) is 13.2. The van der Waals surface area contributed by atoms with Crippen LogP contribution >= 0.6 is 0 Å². The first-order valence-electron chi connectivity index (χ1n) is 5.43. The number of benzene rings is 1. The highest BCUT2D eigenvalue weighted by Crippen LogP contribution is 2.30. The summed E-state index contributed by atoms with van der Waals surface area (Å²) in [5, 5.41) is 13.6. The number of hydrogen-bond donors (Lipinski definition) is 2. The third kappa shape index (κ3) is 2.08. The first kappa shape index (κ1) is 11.1. The Morgan fingerprint density at radius 1 is 1.21 bits per heavy atom. The number of phenolic OH excluding ortho intramolecular Hbond substituents is 1. The largest absolute Gasteiger partial charge is 0.507 e. The summed E-state index contributed by atoms with van der Waals surface area (Å²) in [4.78, 5) is 12.0. The van der Waals surface area contributed by atoms with Crippen molar-refractivity contribution in [2.45, 2.75) is 0 Å². The summed E-state index contributed by atoms with van der Waals surface area (Å²) in [5.41, 5.74) is 6.97. The molecule has 2 aromatic heterocycles. The van der Waals surface area contributed by atoms with Gasteiger partial charge in [0.2, 0.25) is 5.82 Å². The van der Waals surface area contributed by atoms with Crippen molar-refractivity contribution < 1.29 is 9.63 Å². The van der Waals surface area contributed by atoms with Gasteiger partial charge in [0.05, 0.1) is 5.56 Å². The second-order valence-electron chi connectivity index (χ2n) is 3.79. The van der Waals surface area contributed by atoms with Crippen molar-refractivity contribution in [1.82, 2.24) is 20.1 Å². The molecule has 19 heavy (non-hydrogen) atoms. The topological polar surface area (TPSA) is 111 Å². The van der Waals surface area contributed by atoms with Gasteiger partial charge in [-0.05, 0) is 18.2 Å². The molecule has 0 spiro atoms. The average molecular weight is 255 g/mol. The minimum absolute atomic E-state index is 0.0158. The molecular weight excluding hydrogens is 246 g/mol. The Hall–Kier alpha value is -2.96. The number of aromatic nitrogens is 4. The van der Waals surface area contributed by atoms with Gasteiger partial charge in [-0.25, -0.2) is 9.97 Å². The van der Waals surface area contributed by atoms with Crippen molar-refractivity contribution in [3.8, 4) is 28.7 Å². The van der Waals surface area contributed by atoms with Gasteiger partial charge in [-0.2, -0.15) is 4.98 Å². The summed E-state index contributed by atoms with van der Waals surface area (Å²) in [7, 11) is 0. The van der Waals surface area contributed by atoms with Crippen molar-refractivity contribution in [1.29, 1.82) is 0 Å². The third-order valence-electron chi connectivity index (χ3n) is 2.49. The second-order valence-corrected chi connectivity index (χ2v) is 3.79. The highest BCUT2D eigenvalue weighted by Gasteiger charge is 2.14. The SMILES string of the molecule is Nc1ccc(-c2nc(-c3ccncn3)no2)c(O)c1. The van der Waals surface area contributed by atoms with E-state index in [0.717, 1.165) is 0 Å². The van der Waals surface area contributed by atoms with Crippen LogP contribution in [0, 0.1) is 0 Å². The Balaban J connectivity index is 2.02. The Kier molecular flexibility index (Phi) is 2.57. The predicted molar refractivity (Wildman–Crippen MR) is 66.8 cm³/mol. The predicted octanol–water partition coefficient (Wildman–Crippen LogP) is 1.48. The number of nitrogens with zero attached hydrogens (tertiary/aromatic N) is 4. The summed E-state index contributed by atoms with van der Waals surface area (Å²) in [6, 6.07) is 6.34. The van der Waals surface area contributed by atoms with E-state index in [1.54, 1.807) is 24.4 Å². The summed E-state index contributed by atoms with van der Waals surface area (Å²) in [5.74, 6) is 0.512. The molecule has 0 fully saturated rings. The van der Waals surface area contributed by atoms with Crippen LogP contribution < -0.4 is 5.73 Å². The summed E-state index contributed by atoms with van der Waals surface area (Å²) < 4.78 is 5.10. The van der Waals surface area contributed by atoms with Gasteiger partial charge in [0.25, 0.3) is 5.89 Å². The van der Waals surface area contributed by atoms with Crippen molar-refractivity contribution in [2.75, 3.05) is 5.73 Å². The van der Waals surface area contributed by atoms with Crippen molar-refractivity contribution in [3.05, 3.63) is 36.8 Å². The van der Waals surface area contributed by atoms with E-state index < -0.39 is 0 Å². The van der Waals surface area contributed by atoms with E-state index in [2.05, 4.69) is 20.1 Å². The molecule has 1 aromatic carbocycles. The van der Waals surface area contributed by atoms with Crippen LogP contribution in [-0.4, -0.2) is 25.2 Å². The van der Waals surface area contributed by atoms with Gasteiger partial charge in [-0.3, -0.25) is 0 Å². The fraction of sp³-hybridized carbons (Fsp3) is 0. The van der Waals surface area contributed by atoms with Crippen LogP contribution in [0.15, 0.2) is 41.3 Å². The molecular formula is C12H9N5O2. The lowest BCUT2D eigenvalue weighted by molar-refractivity contribution is 0.425. The molecule has 0 bridgehead atoms. The van der Waals surface area contributed by atoms with Crippen LogP contribution in [-0.2, 0) is 0 Å². The molecule has 3 aromatic rings. The zero-order valence-corrected chi connectivity index (χ0v) is 9.69. The summed E-state index contributed by atoms with van der Waals surface area (Å²) in [6.07, 6.45) is 2.98. The quantitative estimate of drug-likeness (QED) is 0.667. The molecule has 0 unspecified atom stereocenters. The van der Waals surface area contributed by atoms with Gasteiger partial charge in [-0.1, -0.05) is 5.16 Å². The van der Waals surface area contributed by atoms with Crippen LogP contribution in [0.1, 0.15) is 0 Å². The molecule has 0 aliphatic rings. The Bertz CT molecular complexity index is 711. The number of nitrogen functional groups attached to an aromatic ring is 1. The maximum absolute atomic E-state index is 9.79. The molecule has 3 rings (SSSR count). The van der Waals surface area contributed by atoms with Crippen molar-refractivity contribution in [2.24, 2.45) is 0 Å². The standard InChI is InChI=1S/C12H9N5O2/c13-7-1-2-8(10(18)5-7)12-16-11(17-19-12)9-3-4-14-6-15-9/h1-6,18H,13H2. The van der Waals surface area contributed by atoms with E-state index in [4.69, 9.17) is 10.3 Å². The normalized spacial score (nSPS) is 10.5. The molecule has 0 radical (unpaired) electrons. The second kappa shape index (κ2) is 4.37. The van der Waals surface area contributed by atoms with Gasteiger partial charge in [0.1, 0.15) is 17.8 Å². The molecule has 0 atom stereocenters. The summed E-state index contributed by atoms with van der Waals surface area (Å²) >= 11 is 0. The van der Waals surface area contributed by atoms with Gasteiger partial charge in [0, 0.05) is 18.0 Å². The van der Waals surface area contributed by atoms with Crippen LogP contribution in [0.3, 0.4) is 0 Å². The number of nitrogens with two attached hydrogens (primary N) is 1. The number of hydrogen-bond acceptors (Lipinski definition) is 7. The molecule has 0 aliphatic heterocycles. The van der Waals surface area contributed by atoms with E-state index >= 15 is 0 Å². The first-order valence-corrected chi connectivity index (χ1v) is 5.43.